The summed E-state index contributed by atoms with van der Waals surface area (Å²) in [6.07, 6.45) is 0.550. The molecule has 0 spiro atoms. The van der Waals surface area contributed by atoms with Gasteiger partial charge in [-0.1, -0.05) is 12.1 Å². The maximum atomic E-state index is 13.0. The van der Waals surface area contributed by atoms with E-state index in [1.165, 1.54) is 16.4 Å². The first kappa shape index (κ1) is 12.5. The van der Waals surface area contributed by atoms with Gasteiger partial charge in [-0.25, -0.2) is 12.8 Å². The minimum Gasteiger partial charge on any atom is -0.329 e. The molecule has 94 valence electrons. The van der Waals surface area contributed by atoms with Crippen LogP contribution in [0.2, 0.25) is 0 Å². The Kier molecular flexibility index (Phi) is 3.46. The lowest BCUT2D eigenvalue weighted by molar-refractivity contribution is 0.438. The summed E-state index contributed by atoms with van der Waals surface area (Å²) in [6.45, 7) is 0.819. The van der Waals surface area contributed by atoms with Crippen LogP contribution in [0.1, 0.15) is 12.0 Å². The van der Waals surface area contributed by atoms with E-state index in [1.54, 1.807) is 12.1 Å². The largest absolute Gasteiger partial charge is 0.329 e. The Hall–Kier alpha value is -0.980. The van der Waals surface area contributed by atoms with Gasteiger partial charge in [0.15, 0.2) is 0 Å². The second kappa shape index (κ2) is 4.72. The molecular weight excluding hydrogens is 243 g/mol. The average molecular weight is 258 g/mol. The van der Waals surface area contributed by atoms with Crippen LogP contribution < -0.4 is 5.73 Å². The molecule has 0 aliphatic carbocycles. The number of benzene rings is 1. The van der Waals surface area contributed by atoms with E-state index in [0.717, 1.165) is 0 Å². The Morgan fingerprint density at radius 1 is 1.47 bits per heavy atom. The van der Waals surface area contributed by atoms with E-state index >= 15 is 0 Å². The fraction of sp³-hybridized carbons (Fsp3) is 0.455. The zero-order valence-electron chi connectivity index (χ0n) is 9.34. The fourth-order valence-electron chi connectivity index (χ4n) is 2.02. The normalized spacial score (nSPS) is 24.0. The summed E-state index contributed by atoms with van der Waals surface area (Å²) < 4.78 is 38.3. The number of nitrogens with zero attached hydrogens (tertiary/aromatic N) is 1. The zero-order chi connectivity index (χ0) is 12.5. The summed E-state index contributed by atoms with van der Waals surface area (Å²) in [5.41, 5.74) is 6.08. The molecule has 2 N–H and O–H groups in total. The van der Waals surface area contributed by atoms with Crippen molar-refractivity contribution in [3.05, 3.63) is 35.6 Å². The Morgan fingerprint density at radius 3 is 2.82 bits per heavy atom. The first-order valence-corrected chi connectivity index (χ1v) is 6.98. The standard InChI is InChI=1S/C11H15FN2O2S/c12-10-3-1-2-9(6-10)8-14-5-4-11(7-13)17(14,15)16/h1-3,6,11H,4-5,7-8,13H2/t11-/m0/s1. The number of sulfonamides is 1. The van der Waals surface area contributed by atoms with Crippen molar-refractivity contribution in [2.75, 3.05) is 13.1 Å². The van der Waals surface area contributed by atoms with Crippen molar-refractivity contribution in [3.8, 4) is 0 Å². The van der Waals surface area contributed by atoms with Crippen LogP contribution >= 0.6 is 0 Å². The minimum absolute atomic E-state index is 0.141. The predicted octanol–water partition coefficient (Wildman–Crippen LogP) is 0.688. The van der Waals surface area contributed by atoms with Crippen molar-refractivity contribution in [1.82, 2.24) is 4.31 Å². The van der Waals surface area contributed by atoms with E-state index in [4.69, 9.17) is 5.73 Å². The van der Waals surface area contributed by atoms with Gasteiger partial charge in [0.1, 0.15) is 5.82 Å². The van der Waals surface area contributed by atoms with Gasteiger partial charge in [-0.05, 0) is 24.1 Å². The molecule has 0 saturated carbocycles. The highest BCUT2D eigenvalue weighted by molar-refractivity contribution is 7.90. The van der Waals surface area contributed by atoms with Crippen molar-refractivity contribution in [2.45, 2.75) is 18.2 Å². The van der Waals surface area contributed by atoms with Gasteiger partial charge in [0, 0.05) is 19.6 Å². The van der Waals surface area contributed by atoms with Crippen molar-refractivity contribution < 1.29 is 12.8 Å². The summed E-state index contributed by atoms with van der Waals surface area (Å²) >= 11 is 0. The lowest BCUT2D eigenvalue weighted by Gasteiger charge is -2.16. The Bertz CT molecular complexity index is 504. The number of rotatable bonds is 3. The predicted molar refractivity (Wildman–Crippen MR) is 63.2 cm³/mol. The quantitative estimate of drug-likeness (QED) is 0.867. The molecule has 1 aliphatic rings. The molecule has 1 aromatic carbocycles. The molecule has 1 fully saturated rings. The van der Waals surface area contributed by atoms with Crippen molar-refractivity contribution in [2.24, 2.45) is 5.73 Å². The van der Waals surface area contributed by atoms with Crippen LogP contribution in [0.25, 0.3) is 0 Å². The van der Waals surface area contributed by atoms with Gasteiger partial charge in [-0.2, -0.15) is 4.31 Å². The molecule has 4 nitrogen and oxygen atoms in total. The lowest BCUT2D eigenvalue weighted by Crippen LogP contribution is -2.32. The van der Waals surface area contributed by atoms with Crippen molar-refractivity contribution in [3.63, 3.8) is 0 Å². The van der Waals surface area contributed by atoms with E-state index in [1.807, 2.05) is 0 Å². The first-order chi connectivity index (χ1) is 8.04. The van der Waals surface area contributed by atoms with E-state index in [2.05, 4.69) is 0 Å². The van der Waals surface area contributed by atoms with Gasteiger partial charge in [0.05, 0.1) is 5.25 Å². The Balaban J connectivity index is 2.16. The molecule has 0 radical (unpaired) electrons. The van der Waals surface area contributed by atoms with E-state index in [9.17, 15) is 12.8 Å². The van der Waals surface area contributed by atoms with E-state index < -0.39 is 15.3 Å². The van der Waals surface area contributed by atoms with Gasteiger partial charge in [-0.15, -0.1) is 0 Å². The molecule has 1 aliphatic heterocycles. The van der Waals surface area contributed by atoms with Crippen LogP contribution in [0.15, 0.2) is 24.3 Å². The molecule has 1 atom stereocenters. The monoisotopic (exact) mass is 258 g/mol. The second-order valence-electron chi connectivity index (χ2n) is 4.15. The lowest BCUT2D eigenvalue weighted by atomic mass is 10.2. The van der Waals surface area contributed by atoms with Crippen molar-refractivity contribution in [1.29, 1.82) is 0 Å². The second-order valence-corrected chi connectivity index (χ2v) is 6.37. The third-order valence-electron chi connectivity index (χ3n) is 2.99. The van der Waals surface area contributed by atoms with Crippen LogP contribution in [0, 0.1) is 5.82 Å². The molecule has 17 heavy (non-hydrogen) atoms. The molecule has 6 heteroatoms. The molecule has 0 unspecified atom stereocenters. The average Bonchev–Trinajstić information content (AvgIpc) is 2.54. The SMILES string of the molecule is NC[C@@H]1CCN(Cc2cccc(F)c2)S1(=O)=O. The van der Waals surface area contributed by atoms with Crippen LogP contribution in [0.5, 0.6) is 0 Å². The maximum Gasteiger partial charge on any atom is 0.218 e. The molecule has 0 amide bonds. The highest BCUT2D eigenvalue weighted by Crippen LogP contribution is 2.23. The topological polar surface area (TPSA) is 63.4 Å². The third-order valence-corrected chi connectivity index (χ3v) is 5.29. The van der Waals surface area contributed by atoms with Crippen LogP contribution in [-0.4, -0.2) is 31.1 Å². The first-order valence-electron chi connectivity index (χ1n) is 5.47. The summed E-state index contributed by atoms with van der Waals surface area (Å²) in [5.74, 6) is -0.352. The van der Waals surface area contributed by atoms with Gasteiger partial charge in [-0.3, -0.25) is 0 Å². The maximum absolute atomic E-state index is 13.0. The highest BCUT2D eigenvalue weighted by atomic mass is 32.2. The van der Waals surface area contributed by atoms with E-state index in [0.29, 0.717) is 18.5 Å². The number of hydrogen-bond donors (Lipinski definition) is 1. The van der Waals surface area contributed by atoms with Gasteiger partial charge >= 0.3 is 0 Å². The summed E-state index contributed by atoms with van der Waals surface area (Å²) in [6, 6.07) is 5.98. The van der Waals surface area contributed by atoms with Gasteiger partial charge in [0.2, 0.25) is 10.0 Å². The molecule has 0 aromatic heterocycles. The smallest absolute Gasteiger partial charge is 0.218 e. The number of halogens is 1. The highest BCUT2D eigenvalue weighted by Gasteiger charge is 2.37. The Morgan fingerprint density at radius 2 is 2.24 bits per heavy atom. The molecular formula is C11H15FN2O2S. The Labute approximate surface area is 100 Å². The van der Waals surface area contributed by atoms with Gasteiger partial charge in [0.25, 0.3) is 0 Å². The van der Waals surface area contributed by atoms with Gasteiger partial charge < -0.3 is 5.73 Å². The summed E-state index contributed by atoms with van der Waals surface area (Å²) in [7, 11) is -3.30. The van der Waals surface area contributed by atoms with Crippen LogP contribution in [0.3, 0.4) is 0 Å². The molecule has 2 rings (SSSR count). The molecule has 1 heterocycles. The summed E-state index contributed by atoms with van der Waals surface area (Å²) in [5, 5.41) is -0.490. The minimum atomic E-state index is -3.30. The molecule has 0 bridgehead atoms. The zero-order valence-corrected chi connectivity index (χ0v) is 10.2. The molecule has 1 aromatic rings. The van der Waals surface area contributed by atoms with E-state index in [-0.39, 0.29) is 18.9 Å². The number of nitrogens with two attached hydrogens (primary N) is 1. The van der Waals surface area contributed by atoms with Crippen LogP contribution in [0.4, 0.5) is 4.39 Å². The third kappa shape index (κ3) is 2.48. The number of hydrogen-bond acceptors (Lipinski definition) is 3. The van der Waals surface area contributed by atoms with Crippen LogP contribution in [-0.2, 0) is 16.6 Å². The summed E-state index contributed by atoms with van der Waals surface area (Å²) in [4.78, 5) is 0. The molecule has 1 saturated heterocycles. The fourth-order valence-corrected chi connectivity index (χ4v) is 3.78. The van der Waals surface area contributed by atoms with Crippen molar-refractivity contribution >= 4 is 10.0 Å².